The van der Waals surface area contributed by atoms with E-state index in [9.17, 15) is 14.3 Å². The molecule has 0 spiro atoms. The normalized spacial score (nSPS) is 13.0. The van der Waals surface area contributed by atoms with E-state index in [4.69, 9.17) is 0 Å². The molecule has 1 unspecified atom stereocenters. The maximum absolute atomic E-state index is 13.3. The van der Waals surface area contributed by atoms with Gasteiger partial charge < -0.3 is 10.1 Å². The monoisotopic (exact) mass is 221 g/mol. The number of H-pyrrole nitrogens is 1. The van der Waals surface area contributed by atoms with Crippen LogP contribution in [0.5, 0.6) is 0 Å². The van der Waals surface area contributed by atoms with Crippen molar-refractivity contribution in [2.45, 2.75) is 20.0 Å². The molecule has 2 aromatic rings. The van der Waals surface area contributed by atoms with Gasteiger partial charge in [0.05, 0.1) is 11.8 Å². The van der Waals surface area contributed by atoms with Crippen LogP contribution in [0.25, 0.3) is 10.9 Å². The van der Waals surface area contributed by atoms with Gasteiger partial charge >= 0.3 is 0 Å². The summed E-state index contributed by atoms with van der Waals surface area (Å²) in [6.45, 7) is 3.00. The average molecular weight is 221 g/mol. The van der Waals surface area contributed by atoms with E-state index in [-0.39, 0.29) is 5.78 Å². The number of aromatic nitrogens is 1. The average Bonchev–Trinajstić information content (AvgIpc) is 2.59. The molecule has 0 fully saturated rings. The highest BCUT2D eigenvalue weighted by Crippen LogP contribution is 2.26. The van der Waals surface area contributed by atoms with Gasteiger partial charge in [-0.2, -0.15) is 0 Å². The van der Waals surface area contributed by atoms with E-state index in [1.54, 1.807) is 13.0 Å². The lowest BCUT2D eigenvalue weighted by atomic mass is 10.1. The number of carbonyl (C=O) groups excluding carboxylic acids is 1. The van der Waals surface area contributed by atoms with Gasteiger partial charge in [-0.25, -0.2) is 4.39 Å². The van der Waals surface area contributed by atoms with Crippen molar-refractivity contribution in [2.75, 3.05) is 0 Å². The van der Waals surface area contributed by atoms with E-state index >= 15 is 0 Å². The Bertz CT molecular complexity index is 557. The number of halogens is 1. The van der Waals surface area contributed by atoms with Gasteiger partial charge in [-0.05, 0) is 30.7 Å². The first-order valence-corrected chi connectivity index (χ1v) is 5.00. The summed E-state index contributed by atoms with van der Waals surface area (Å²) in [5, 5.41) is 10.2. The summed E-state index contributed by atoms with van der Waals surface area (Å²) in [4.78, 5) is 14.0. The molecule has 2 rings (SSSR count). The highest BCUT2D eigenvalue weighted by Gasteiger charge is 2.13. The fraction of sp³-hybridized carbons (Fsp3) is 0.250. The van der Waals surface area contributed by atoms with Crippen molar-refractivity contribution in [2.24, 2.45) is 0 Å². The zero-order chi connectivity index (χ0) is 11.9. The number of nitrogens with one attached hydrogen (secondary N) is 1. The molecule has 3 nitrogen and oxygen atoms in total. The summed E-state index contributed by atoms with van der Waals surface area (Å²) in [7, 11) is 0. The summed E-state index contributed by atoms with van der Waals surface area (Å²) in [5.74, 6) is -0.548. The lowest BCUT2D eigenvalue weighted by Gasteiger charge is -2.06. The van der Waals surface area contributed by atoms with E-state index in [0.29, 0.717) is 22.2 Å². The molecule has 0 aliphatic rings. The van der Waals surface area contributed by atoms with Crippen LogP contribution in [0.4, 0.5) is 4.39 Å². The van der Waals surface area contributed by atoms with Gasteiger partial charge in [0, 0.05) is 17.8 Å². The Labute approximate surface area is 91.9 Å². The number of carbonyl (C=O) groups is 1. The van der Waals surface area contributed by atoms with Gasteiger partial charge in [-0.15, -0.1) is 0 Å². The van der Waals surface area contributed by atoms with Crippen molar-refractivity contribution in [3.63, 3.8) is 0 Å². The van der Waals surface area contributed by atoms with E-state index in [1.807, 2.05) is 0 Å². The Morgan fingerprint density at radius 1 is 1.44 bits per heavy atom. The van der Waals surface area contributed by atoms with Crippen LogP contribution in [0, 0.1) is 5.82 Å². The molecule has 1 atom stereocenters. The van der Waals surface area contributed by atoms with Crippen LogP contribution >= 0.6 is 0 Å². The zero-order valence-electron chi connectivity index (χ0n) is 9.04. The molecule has 0 aliphatic heterocycles. The van der Waals surface area contributed by atoms with Crippen LogP contribution in [0.1, 0.15) is 36.0 Å². The summed E-state index contributed by atoms with van der Waals surface area (Å²) in [6, 6.07) is 4.23. The largest absolute Gasteiger partial charge is 0.389 e. The van der Waals surface area contributed by atoms with Gasteiger partial charge in [-0.1, -0.05) is 0 Å². The molecule has 0 radical (unpaired) electrons. The van der Waals surface area contributed by atoms with E-state index in [2.05, 4.69) is 4.98 Å². The number of hydrogen-bond donors (Lipinski definition) is 2. The van der Waals surface area contributed by atoms with Crippen LogP contribution in [0.3, 0.4) is 0 Å². The smallest absolute Gasteiger partial charge is 0.175 e. The number of aliphatic hydroxyl groups excluding tert-OH is 1. The summed E-state index contributed by atoms with van der Waals surface area (Å²) >= 11 is 0. The molecule has 1 heterocycles. The zero-order valence-corrected chi connectivity index (χ0v) is 9.04. The fourth-order valence-electron chi connectivity index (χ4n) is 1.76. The third-order valence-electron chi connectivity index (χ3n) is 2.56. The molecule has 0 saturated carbocycles. The fourth-order valence-corrected chi connectivity index (χ4v) is 1.76. The van der Waals surface area contributed by atoms with Crippen molar-refractivity contribution in [3.8, 4) is 0 Å². The molecule has 0 amide bonds. The standard InChI is InChI=1S/C12H12FNO2/c1-6(15)9-3-8(13)4-12-10(9)5-11(14-12)7(2)16/h3-6,14-15H,1-2H3. The van der Waals surface area contributed by atoms with Crippen LogP contribution in [-0.2, 0) is 0 Å². The van der Waals surface area contributed by atoms with E-state index in [0.717, 1.165) is 0 Å². The highest BCUT2D eigenvalue weighted by molar-refractivity contribution is 5.98. The van der Waals surface area contributed by atoms with E-state index in [1.165, 1.54) is 19.1 Å². The number of rotatable bonds is 2. The van der Waals surface area contributed by atoms with Gasteiger partial charge in [0.25, 0.3) is 0 Å². The molecule has 1 aromatic heterocycles. The Morgan fingerprint density at radius 2 is 2.12 bits per heavy atom. The second-order valence-electron chi connectivity index (χ2n) is 3.87. The second-order valence-corrected chi connectivity index (χ2v) is 3.87. The molecule has 0 bridgehead atoms. The van der Waals surface area contributed by atoms with Crippen molar-refractivity contribution >= 4 is 16.7 Å². The van der Waals surface area contributed by atoms with Crippen molar-refractivity contribution in [1.29, 1.82) is 0 Å². The molecule has 0 aliphatic carbocycles. The van der Waals surface area contributed by atoms with Crippen LogP contribution < -0.4 is 0 Å². The third kappa shape index (κ3) is 1.72. The topological polar surface area (TPSA) is 53.1 Å². The van der Waals surface area contributed by atoms with Crippen molar-refractivity contribution in [3.05, 3.63) is 35.3 Å². The Hall–Kier alpha value is -1.68. The molecule has 84 valence electrons. The predicted molar refractivity (Wildman–Crippen MR) is 58.9 cm³/mol. The molecular formula is C12H12FNO2. The maximum Gasteiger partial charge on any atom is 0.175 e. The highest BCUT2D eigenvalue weighted by atomic mass is 19.1. The van der Waals surface area contributed by atoms with Gasteiger partial charge in [0.2, 0.25) is 0 Å². The first-order chi connectivity index (χ1) is 7.49. The van der Waals surface area contributed by atoms with Crippen LogP contribution in [0.2, 0.25) is 0 Å². The second kappa shape index (κ2) is 3.72. The Kier molecular flexibility index (Phi) is 2.52. The minimum absolute atomic E-state index is 0.117. The number of ketones is 1. The van der Waals surface area contributed by atoms with E-state index < -0.39 is 11.9 Å². The lowest BCUT2D eigenvalue weighted by molar-refractivity contribution is 0.101. The van der Waals surface area contributed by atoms with Gasteiger partial charge in [0.1, 0.15) is 5.82 Å². The molecule has 2 N–H and O–H groups in total. The summed E-state index contributed by atoms with van der Waals surface area (Å²) in [6.07, 6.45) is -0.770. The third-order valence-corrected chi connectivity index (χ3v) is 2.56. The number of hydrogen-bond acceptors (Lipinski definition) is 2. The minimum Gasteiger partial charge on any atom is -0.389 e. The first kappa shape index (κ1) is 10.8. The van der Waals surface area contributed by atoms with Gasteiger partial charge in [0.15, 0.2) is 5.78 Å². The SMILES string of the molecule is CC(=O)c1cc2c(C(C)O)cc(F)cc2[nH]1. The number of aromatic amines is 1. The summed E-state index contributed by atoms with van der Waals surface area (Å²) in [5.41, 5.74) is 1.43. The number of aliphatic hydroxyl groups is 1. The number of fused-ring (bicyclic) bond motifs is 1. The van der Waals surface area contributed by atoms with Crippen LogP contribution in [-0.4, -0.2) is 15.9 Å². The first-order valence-electron chi connectivity index (χ1n) is 5.00. The molecule has 4 heteroatoms. The number of benzene rings is 1. The maximum atomic E-state index is 13.3. The minimum atomic E-state index is -0.770. The molecular weight excluding hydrogens is 209 g/mol. The predicted octanol–water partition coefficient (Wildman–Crippen LogP) is 2.56. The van der Waals surface area contributed by atoms with Crippen LogP contribution in [0.15, 0.2) is 18.2 Å². The Morgan fingerprint density at radius 3 is 2.69 bits per heavy atom. The Balaban J connectivity index is 2.75. The lowest BCUT2D eigenvalue weighted by Crippen LogP contribution is -1.92. The molecule has 16 heavy (non-hydrogen) atoms. The molecule has 0 saturated heterocycles. The summed E-state index contributed by atoms with van der Waals surface area (Å²) < 4.78 is 13.3. The molecule has 1 aromatic carbocycles. The van der Waals surface area contributed by atoms with Crippen molar-refractivity contribution in [1.82, 2.24) is 4.98 Å². The quantitative estimate of drug-likeness (QED) is 0.766. The number of Topliss-reactive ketones (excluding diaryl/α,β-unsaturated/α-hetero) is 1. The van der Waals surface area contributed by atoms with Crippen molar-refractivity contribution < 1.29 is 14.3 Å². The van der Waals surface area contributed by atoms with Gasteiger partial charge in [-0.3, -0.25) is 4.79 Å².